The van der Waals surface area contributed by atoms with E-state index < -0.39 is 24.3 Å². The van der Waals surface area contributed by atoms with Crippen molar-refractivity contribution in [2.45, 2.75) is 38.9 Å². The summed E-state index contributed by atoms with van der Waals surface area (Å²) in [5, 5.41) is 0. The Morgan fingerprint density at radius 3 is 2.32 bits per heavy atom. The molecule has 1 aliphatic heterocycles. The van der Waals surface area contributed by atoms with Crippen LogP contribution >= 0.6 is 0 Å². The van der Waals surface area contributed by atoms with E-state index in [0.717, 1.165) is 16.7 Å². The molecule has 0 spiro atoms. The Morgan fingerprint density at radius 2 is 1.76 bits per heavy atom. The molecule has 3 rings (SSSR count). The molecule has 0 unspecified atom stereocenters. The fourth-order valence-electron chi connectivity index (χ4n) is 2.72. The molecule has 0 atom stereocenters. The number of ether oxygens (including phenoxy) is 1. The number of esters is 1. The number of methoxy groups -OCH3 is 1. The average molecular weight is 339 g/mol. The smallest absolute Gasteiger partial charge is 0.465 e. The summed E-state index contributed by atoms with van der Waals surface area (Å²) in [6, 6.07) is 11.0. The van der Waals surface area contributed by atoms with E-state index >= 15 is 0 Å². The average Bonchev–Trinajstić information content (AvgIpc) is 2.82. The Balaban J connectivity index is 2.09. The molecule has 1 aromatic heterocycles. The van der Waals surface area contributed by atoms with E-state index in [0.29, 0.717) is 5.56 Å². The van der Waals surface area contributed by atoms with Crippen LogP contribution in [0.1, 0.15) is 38.1 Å². The number of carbonyl (C=O) groups excluding carboxylic acids is 1. The molecule has 0 bridgehead atoms. The lowest BCUT2D eigenvalue weighted by atomic mass is 9.74. The highest BCUT2D eigenvalue weighted by Gasteiger charge is 2.52. The van der Waals surface area contributed by atoms with Crippen LogP contribution < -0.4 is 5.46 Å². The van der Waals surface area contributed by atoms with Crippen LogP contribution in [0.3, 0.4) is 0 Å². The van der Waals surface area contributed by atoms with Gasteiger partial charge in [0.05, 0.1) is 29.6 Å². The van der Waals surface area contributed by atoms with E-state index in [-0.39, 0.29) is 0 Å². The molecular weight excluding hydrogens is 317 g/mol. The van der Waals surface area contributed by atoms with Crippen molar-refractivity contribution in [2.24, 2.45) is 0 Å². The van der Waals surface area contributed by atoms with Gasteiger partial charge in [-0.25, -0.2) is 4.79 Å². The van der Waals surface area contributed by atoms with Crippen LogP contribution in [0.15, 0.2) is 42.6 Å². The van der Waals surface area contributed by atoms with Crippen LogP contribution in [0.4, 0.5) is 0 Å². The minimum Gasteiger partial charge on any atom is -0.465 e. The van der Waals surface area contributed by atoms with Crippen LogP contribution in [0, 0.1) is 0 Å². The van der Waals surface area contributed by atoms with Crippen molar-refractivity contribution >= 4 is 18.6 Å². The monoisotopic (exact) mass is 339 g/mol. The van der Waals surface area contributed by atoms with Gasteiger partial charge >= 0.3 is 13.1 Å². The molecule has 1 aromatic carbocycles. The Kier molecular flexibility index (Phi) is 4.43. The molecular formula is C19H22BNO4. The second-order valence-corrected chi connectivity index (χ2v) is 7.10. The van der Waals surface area contributed by atoms with E-state index in [2.05, 4.69) is 4.98 Å². The lowest BCUT2D eigenvalue weighted by Crippen LogP contribution is -2.41. The van der Waals surface area contributed by atoms with Gasteiger partial charge in [0, 0.05) is 11.8 Å². The van der Waals surface area contributed by atoms with E-state index in [1.807, 2.05) is 52.0 Å². The number of rotatable bonds is 3. The number of hydrogen-bond donors (Lipinski definition) is 0. The van der Waals surface area contributed by atoms with Crippen molar-refractivity contribution in [3.63, 3.8) is 0 Å². The van der Waals surface area contributed by atoms with Gasteiger partial charge in [-0.2, -0.15) is 0 Å². The lowest BCUT2D eigenvalue weighted by molar-refractivity contribution is 0.00578. The van der Waals surface area contributed by atoms with Gasteiger partial charge < -0.3 is 14.0 Å². The zero-order valence-corrected chi connectivity index (χ0v) is 15.2. The minimum absolute atomic E-state index is 0.391. The van der Waals surface area contributed by atoms with Gasteiger partial charge in [-0.1, -0.05) is 12.1 Å². The maximum atomic E-state index is 11.9. The lowest BCUT2D eigenvalue weighted by Gasteiger charge is -2.32. The first kappa shape index (κ1) is 17.6. The Morgan fingerprint density at radius 1 is 1.08 bits per heavy atom. The molecule has 1 saturated heterocycles. The normalized spacial score (nSPS) is 18.2. The Bertz CT molecular complexity index is 773. The second kappa shape index (κ2) is 6.28. The molecule has 25 heavy (non-hydrogen) atoms. The Hall–Kier alpha value is -2.18. The molecule has 2 aromatic rings. The zero-order valence-electron chi connectivity index (χ0n) is 15.2. The van der Waals surface area contributed by atoms with Gasteiger partial charge in [0.25, 0.3) is 0 Å². The number of nitrogens with zero attached hydrogens (tertiary/aromatic N) is 1. The van der Waals surface area contributed by atoms with Crippen LogP contribution in [-0.2, 0) is 14.0 Å². The molecule has 0 amide bonds. The van der Waals surface area contributed by atoms with Crippen LogP contribution in [0.5, 0.6) is 0 Å². The van der Waals surface area contributed by atoms with Gasteiger partial charge in [-0.3, -0.25) is 4.98 Å². The molecule has 0 radical (unpaired) electrons. The van der Waals surface area contributed by atoms with E-state index in [1.54, 1.807) is 18.3 Å². The van der Waals surface area contributed by atoms with E-state index in [1.165, 1.54) is 7.11 Å². The standard InChI is InChI=1S/C19H22BNO4/c1-18(2)19(3,4)25-20(24-18)15-10-9-13(17(22)23-5)12-14(15)16-8-6-7-11-21-16/h6-12H,1-5H3. The predicted octanol–water partition coefficient (Wildman–Crippen LogP) is 2.83. The topological polar surface area (TPSA) is 57.7 Å². The third-order valence-corrected chi connectivity index (χ3v) is 4.92. The number of pyridine rings is 1. The molecule has 6 heteroatoms. The molecule has 1 aliphatic rings. The van der Waals surface area contributed by atoms with Gasteiger partial charge in [0.15, 0.2) is 0 Å². The van der Waals surface area contributed by atoms with Crippen molar-refractivity contribution in [3.8, 4) is 11.3 Å². The first-order valence-corrected chi connectivity index (χ1v) is 8.24. The van der Waals surface area contributed by atoms with Gasteiger partial charge in [0.1, 0.15) is 0 Å². The van der Waals surface area contributed by atoms with E-state index in [9.17, 15) is 4.79 Å². The summed E-state index contributed by atoms with van der Waals surface area (Å²) in [6.45, 7) is 8.04. The first-order valence-electron chi connectivity index (χ1n) is 8.24. The number of hydrogen-bond acceptors (Lipinski definition) is 5. The highest BCUT2D eigenvalue weighted by Crippen LogP contribution is 2.37. The van der Waals surface area contributed by atoms with Crippen LogP contribution in [0.25, 0.3) is 11.3 Å². The summed E-state index contributed by atoms with van der Waals surface area (Å²) in [6.07, 6.45) is 1.72. The minimum atomic E-state index is -0.534. The third kappa shape index (κ3) is 3.19. The fourth-order valence-corrected chi connectivity index (χ4v) is 2.72. The SMILES string of the molecule is COC(=O)c1ccc(B2OC(C)(C)C(C)(C)O2)c(-c2ccccn2)c1. The molecule has 5 nitrogen and oxygen atoms in total. The summed E-state index contributed by atoms with van der Waals surface area (Å²) in [7, 11) is 0.832. The van der Waals surface area contributed by atoms with Crippen LogP contribution in [-0.4, -0.2) is 36.4 Å². The second-order valence-electron chi connectivity index (χ2n) is 7.10. The summed E-state index contributed by atoms with van der Waals surface area (Å²) >= 11 is 0. The molecule has 1 fully saturated rings. The molecule has 0 N–H and O–H groups in total. The number of benzene rings is 1. The summed E-state index contributed by atoms with van der Waals surface area (Å²) in [5.41, 5.74) is 1.95. The first-order chi connectivity index (χ1) is 11.7. The van der Waals surface area contributed by atoms with Crippen molar-refractivity contribution in [1.82, 2.24) is 4.98 Å². The highest BCUT2D eigenvalue weighted by molar-refractivity contribution is 6.63. The van der Waals surface area contributed by atoms with Gasteiger partial charge in [-0.05, 0) is 57.4 Å². The summed E-state index contributed by atoms with van der Waals surface area (Å²) < 4.78 is 17.2. The maximum Gasteiger partial charge on any atom is 0.495 e. The van der Waals surface area contributed by atoms with Crippen molar-refractivity contribution in [2.75, 3.05) is 7.11 Å². The molecule has 130 valence electrons. The van der Waals surface area contributed by atoms with Crippen molar-refractivity contribution in [3.05, 3.63) is 48.2 Å². The van der Waals surface area contributed by atoms with Crippen molar-refractivity contribution in [1.29, 1.82) is 0 Å². The quantitative estimate of drug-likeness (QED) is 0.636. The molecule has 0 aliphatic carbocycles. The number of aromatic nitrogens is 1. The summed E-state index contributed by atoms with van der Waals surface area (Å²) in [4.78, 5) is 16.3. The molecule has 0 saturated carbocycles. The third-order valence-electron chi connectivity index (χ3n) is 4.92. The van der Waals surface area contributed by atoms with Crippen molar-refractivity contribution < 1.29 is 18.8 Å². The van der Waals surface area contributed by atoms with Gasteiger partial charge in [-0.15, -0.1) is 0 Å². The van der Waals surface area contributed by atoms with Crippen LogP contribution in [0.2, 0.25) is 0 Å². The van der Waals surface area contributed by atoms with E-state index in [4.69, 9.17) is 14.0 Å². The molecule has 2 heterocycles. The zero-order chi connectivity index (χ0) is 18.2. The number of carbonyl (C=O) groups is 1. The summed E-state index contributed by atoms with van der Waals surface area (Å²) in [5.74, 6) is -0.391. The Labute approximate surface area is 148 Å². The highest BCUT2D eigenvalue weighted by atomic mass is 16.7. The fraction of sp³-hybridized carbons (Fsp3) is 0.368. The van der Waals surface area contributed by atoms with Gasteiger partial charge in [0.2, 0.25) is 0 Å². The largest absolute Gasteiger partial charge is 0.495 e. The predicted molar refractivity (Wildman–Crippen MR) is 96.7 cm³/mol. The maximum absolute atomic E-state index is 11.9.